The molecule has 9 heteroatoms. The molecule has 1 aromatic carbocycles. The van der Waals surface area contributed by atoms with Gasteiger partial charge in [0.05, 0.1) is 25.4 Å². The number of carbonyl (C=O) groups is 4. The Kier molecular flexibility index (Phi) is 4.55. The second-order valence-corrected chi connectivity index (χ2v) is 5.78. The van der Waals surface area contributed by atoms with Crippen molar-refractivity contribution < 1.29 is 23.9 Å². The Morgan fingerprint density at radius 2 is 2.04 bits per heavy atom. The van der Waals surface area contributed by atoms with Gasteiger partial charge in [0.2, 0.25) is 11.8 Å². The van der Waals surface area contributed by atoms with Gasteiger partial charge in [0.25, 0.3) is 5.91 Å². The molecule has 2 aliphatic heterocycles. The number of urea groups is 1. The van der Waals surface area contributed by atoms with E-state index >= 15 is 0 Å². The SMILES string of the molecule is COc1ccccc1N1CC(NC(=O)CN2C(=O)CNC2=O)CC1=O. The van der Waals surface area contributed by atoms with Crippen LogP contribution in [-0.2, 0) is 14.4 Å². The van der Waals surface area contributed by atoms with Gasteiger partial charge in [0.15, 0.2) is 0 Å². The molecule has 3 rings (SSSR count). The zero-order chi connectivity index (χ0) is 18.0. The standard InChI is InChI=1S/C16H18N4O5/c1-25-12-5-3-2-4-11(12)19-8-10(6-14(19)22)18-13(21)9-20-15(23)7-17-16(20)24/h2-5,10H,6-9H2,1H3,(H,17,24)(H,18,21). The molecule has 2 saturated heterocycles. The van der Waals surface area contributed by atoms with Gasteiger partial charge in [-0.05, 0) is 12.1 Å². The fourth-order valence-corrected chi connectivity index (χ4v) is 2.92. The third-order valence-corrected chi connectivity index (χ3v) is 4.10. The molecular weight excluding hydrogens is 328 g/mol. The summed E-state index contributed by atoms with van der Waals surface area (Å²) in [7, 11) is 1.52. The van der Waals surface area contributed by atoms with Crippen LogP contribution in [0.1, 0.15) is 6.42 Å². The highest BCUT2D eigenvalue weighted by molar-refractivity contribution is 6.04. The molecule has 2 fully saturated rings. The molecule has 1 atom stereocenters. The molecular formula is C16H18N4O5. The quantitative estimate of drug-likeness (QED) is 0.697. The monoisotopic (exact) mass is 346 g/mol. The van der Waals surface area contributed by atoms with Gasteiger partial charge in [-0.3, -0.25) is 19.3 Å². The van der Waals surface area contributed by atoms with Gasteiger partial charge in [-0.25, -0.2) is 4.79 Å². The van der Waals surface area contributed by atoms with E-state index in [4.69, 9.17) is 4.74 Å². The van der Waals surface area contributed by atoms with Crippen LogP contribution in [0.2, 0.25) is 0 Å². The maximum atomic E-state index is 12.3. The van der Waals surface area contributed by atoms with Crippen LogP contribution in [0.15, 0.2) is 24.3 Å². The predicted molar refractivity (Wildman–Crippen MR) is 87.0 cm³/mol. The molecule has 9 nitrogen and oxygen atoms in total. The molecule has 2 aliphatic rings. The zero-order valence-corrected chi connectivity index (χ0v) is 13.7. The Hall–Kier alpha value is -3.10. The van der Waals surface area contributed by atoms with Crippen LogP contribution >= 0.6 is 0 Å². The Morgan fingerprint density at radius 1 is 1.28 bits per heavy atom. The van der Waals surface area contributed by atoms with Gasteiger partial charge in [-0.2, -0.15) is 0 Å². The second kappa shape index (κ2) is 6.80. The highest BCUT2D eigenvalue weighted by Gasteiger charge is 2.35. The first-order chi connectivity index (χ1) is 12.0. The number of hydrogen-bond donors (Lipinski definition) is 2. The topological polar surface area (TPSA) is 108 Å². The summed E-state index contributed by atoms with van der Waals surface area (Å²) in [6, 6.07) is 6.15. The zero-order valence-electron chi connectivity index (χ0n) is 13.7. The number of carbonyl (C=O) groups excluding carboxylic acids is 4. The van der Waals surface area contributed by atoms with Crippen molar-refractivity contribution in [1.29, 1.82) is 0 Å². The van der Waals surface area contributed by atoms with Crippen molar-refractivity contribution in [3.8, 4) is 5.75 Å². The van der Waals surface area contributed by atoms with Crippen LogP contribution < -0.4 is 20.3 Å². The number of rotatable bonds is 5. The molecule has 5 amide bonds. The summed E-state index contributed by atoms with van der Waals surface area (Å²) < 4.78 is 5.26. The average Bonchev–Trinajstić information content (AvgIpc) is 3.11. The third-order valence-electron chi connectivity index (χ3n) is 4.10. The van der Waals surface area contributed by atoms with E-state index in [1.54, 1.807) is 29.2 Å². The normalized spacial score (nSPS) is 20.0. The number of benzene rings is 1. The lowest BCUT2D eigenvalue weighted by molar-refractivity contribution is -0.131. The molecule has 25 heavy (non-hydrogen) atoms. The van der Waals surface area contributed by atoms with Crippen LogP contribution in [0.4, 0.5) is 10.5 Å². The second-order valence-electron chi connectivity index (χ2n) is 5.78. The largest absolute Gasteiger partial charge is 0.495 e. The number of amides is 5. The van der Waals surface area contributed by atoms with Gasteiger partial charge >= 0.3 is 6.03 Å². The van der Waals surface area contributed by atoms with E-state index in [1.807, 2.05) is 0 Å². The van der Waals surface area contributed by atoms with Crippen molar-refractivity contribution >= 4 is 29.4 Å². The molecule has 2 heterocycles. The fraction of sp³-hybridized carbons (Fsp3) is 0.375. The van der Waals surface area contributed by atoms with Crippen LogP contribution in [-0.4, -0.2) is 61.4 Å². The number of nitrogens with zero attached hydrogens (tertiary/aromatic N) is 2. The lowest BCUT2D eigenvalue weighted by Gasteiger charge is -2.20. The molecule has 0 spiro atoms. The lowest BCUT2D eigenvalue weighted by atomic mass is 10.2. The van der Waals surface area contributed by atoms with Crippen LogP contribution in [0.3, 0.4) is 0 Å². The summed E-state index contributed by atoms with van der Waals surface area (Å²) in [5.41, 5.74) is 0.640. The van der Waals surface area contributed by atoms with Gasteiger partial charge in [0, 0.05) is 13.0 Å². The average molecular weight is 346 g/mol. The van der Waals surface area contributed by atoms with Gasteiger partial charge in [0.1, 0.15) is 12.3 Å². The van der Waals surface area contributed by atoms with Crippen LogP contribution in [0, 0.1) is 0 Å². The molecule has 132 valence electrons. The van der Waals surface area contributed by atoms with Crippen molar-refractivity contribution in [2.24, 2.45) is 0 Å². The van der Waals surface area contributed by atoms with E-state index in [-0.39, 0.29) is 25.4 Å². The van der Waals surface area contributed by atoms with E-state index in [0.717, 1.165) is 4.90 Å². The van der Waals surface area contributed by atoms with Gasteiger partial charge in [-0.1, -0.05) is 12.1 Å². The molecule has 1 unspecified atom stereocenters. The van der Waals surface area contributed by atoms with Crippen LogP contribution in [0.25, 0.3) is 0 Å². The maximum Gasteiger partial charge on any atom is 0.325 e. The van der Waals surface area contributed by atoms with E-state index in [0.29, 0.717) is 18.0 Å². The Bertz CT molecular complexity index is 719. The molecule has 0 aromatic heterocycles. The van der Waals surface area contributed by atoms with Crippen molar-refractivity contribution in [1.82, 2.24) is 15.5 Å². The first-order valence-corrected chi connectivity index (χ1v) is 7.80. The summed E-state index contributed by atoms with van der Waals surface area (Å²) in [5.74, 6) is -0.490. The minimum Gasteiger partial charge on any atom is -0.495 e. The maximum absolute atomic E-state index is 12.3. The smallest absolute Gasteiger partial charge is 0.325 e. The van der Waals surface area contributed by atoms with Gasteiger partial charge < -0.3 is 20.3 Å². The van der Waals surface area contributed by atoms with E-state index < -0.39 is 23.9 Å². The van der Waals surface area contributed by atoms with Crippen molar-refractivity contribution in [3.63, 3.8) is 0 Å². The summed E-state index contributed by atoms with van der Waals surface area (Å²) in [6.45, 7) is -0.162. The third kappa shape index (κ3) is 3.39. The first-order valence-electron chi connectivity index (χ1n) is 7.80. The molecule has 2 N–H and O–H groups in total. The molecule has 0 aliphatic carbocycles. The minimum absolute atomic E-state index is 0.102. The summed E-state index contributed by atoms with van der Waals surface area (Å²) >= 11 is 0. The number of nitrogens with one attached hydrogen (secondary N) is 2. The summed E-state index contributed by atoms with van der Waals surface area (Å²) in [4.78, 5) is 49.7. The van der Waals surface area contributed by atoms with Crippen molar-refractivity contribution in [3.05, 3.63) is 24.3 Å². The number of anilines is 1. The minimum atomic E-state index is -0.585. The van der Waals surface area contributed by atoms with E-state index in [2.05, 4.69) is 10.6 Å². The number of para-hydroxylation sites is 2. The predicted octanol–water partition coefficient (Wildman–Crippen LogP) is -0.531. The number of imide groups is 1. The van der Waals surface area contributed by atoms with E-state index in [1.165, 1.54) is 7.11 Å². The molecule has 0 saturated carbocycles. The number of methoxy groups -OCH3 is 1. The lowest BCUT2D eigenvalue weighted by Crippen LogP contribution is -2.45. The Labute approximate surface area is 143 Å². The van der Waals surface area contributed by atoms with E-state index in [9.17, 15) is 19.2 Å². The van der Waals surface area contributed by atoms with Crippen molar-refractivity contribution in [2.45, 2.75) is 12.5 Å². The van der Waals surface area contributed by atoms with Crippen LogP contribution in [0.5, 0.6) is 5.75 Å². The fourth-order valence-electron chi connectivity index (χ4n) is 2.92. The highest BCUT2D eigenvalue weighted by Crippen LogP contribution is 2.30. The van der Waals surface area contributed by atoms with Gasteiger partial charge in [-0.15, -0.1) is 0 Å². The highest BCUT2D eigenvalue weighted by atomic mass is 16.5. The molecule has 1 aromatic rings. The van der Waals surface area contributed by atoms with Crippen molar-refractivity contribution in [2.75, 3.05) is 31.6 Å². The number of hydrogen-bond acceptors (Lipinski definition) is 5. The Balaban J connectivity index is 1.62. The number of ether oxygens (including phenoxy) is 1. The summed E-state index contributed by atoms with van der Waals surface area (Å²) in [6.07, 6.45) is 0.143. The molecule has 0 radical (unpaired) electrons. The Morgan fingerprint density at radius 3 is 2.72 bits per heavy atom. The molecule has 0 bridgehead atoms. The first kappa shape index (κ1) is 16.7. The summed E-state index contributed by atoms with van der Waals surface area (Å²) in [5, 5.41) is 5.05.